The van der Waals surface area contributed by atoms with Crippen LogP contribution >= 0.6 is 12.2 Å². The van der Waals surface area contributed by atoms with Gasteiger partial charge in [-0.25, -0.2) is 18.1 Å². The van der Waals surface area contributed by atoms with Crippen LogP contribution in [0.2, 0.25) is 0 Å². The van der Waals surface area contributed by atoms with E-state index in [1.807, 2.05) is 6.92 Å². The van der Waals surface area contributed by atoms with Crippen molar-refractivity contribution in [3.05, 3.63) is 12.0 Å². The summed E-state index contributed by atoms with van der Waals surface area (Å²) in [6.07, 6.45) is 2.43. The third-order valence-electron chi connectivity index (χ3n) is 2.62. The fourth-order valence-electron chi connectivity index (χ4n) is 1.45. The highest BCUT2D eigenvalue weighted by atomic mass is 32.2. The number of aromatic nitrogens is 2. The highest BCUT2D eigenvalue weighted by Crippen LogP contribution is 2.10. The molecule has 1 heterocycles. The molecule has 102 valence electrons. The first-order valence-corrected chi connectivity index (χ1v) is 7.46. The van der Waals surface area contributed by atoms with Gasteiger partial charge in [0.1, 0.15) is 5.82 Å². The lowest BCUT2D eigenvalue weighted by Gasteiger charge is -2.15. The van der Waals surface area contributed by atoms with Gasteiger partial charge in [0.2, 0.25) is 0 Å². The molecule has 8 heteroatoms. The van der Waals surface area contributed by atoms with Gasteiger partial charge in [0.15, 0.2) is 5.03 Å². The van der Waals surface area contributed by atoms with Crippen molar-refractivity contribution in [2.24, 2.45) is 12.8 Å². The molecule has 1 unspecified atom stereocenters. The van der Waals surface area contributed by atoms with Gasteiger partial charge in [-0.2, -0.15) is 0 Å². The molecule has 0 fully saturated rings. The second kappa shape index (κ2) is 5.77. The first-order valence-electron chi connectivity index (χ1n) is 5.57. The first kappa shape index (κ1) is 15.1. The van der Waals surface area contributed by atoms with Gasteiger partial charge < -0.3 is 10.3 Å². The van der Waals surface area contributed by atoms with E-state index < -0.39 is 10.0 Å². The molecule has 0 aliphatic heterocycles. The quantitative estimate of drug-likeness (QED) is 0.743. The van der Waals surface area contributed by atoms with Crippen LogP contribution in [0.15, 0.2) is 11.2 Å². The Morgan fingerprint density at radius 3 is 2.67 bits per heavy atom. The van der Waals surface area contributed by atoms with Gasteiger partial charge in [-0.05, 0) is 13.3 Å². The zero-order chi connectivity index (χ0) is 13.9. The number of nitrogens with one attached hydrogen (secondary N) is 1. The summed E-state index contributed by atoms with van der Waals surface area (Å²) in [5.41, 5.74) is 5.43. The van der Waals surface area contributed by atoms with Gasteiger partial charge in [-0.1, -0.05) is 19.1 Å². The first-order chi connectivity index (χ1) is 8.26. The lowest BCUT2D eigenvalue weighted by Crippen LogP contribution is -2.37. The number of hydrogen-bond donors (Lipinski definition) is 2. The number of thiocarbonyl (C=S) groups is 1. The van der Waals surface area contributed by atoms with Crippen molar-refractivity contribution in [2.45, 2.75) is 37.8 Å². The monoisotopic (exact) mass is 290 g/mol. The number of sulfonamides is 1. The Labute approximate surface area is 113 Å². The molecular weight excluding hydrogens is 272 g/mol. The van der Waals surface area contributed by atoms with E-state index in [9.17, 15) is 8.42 Å². The van der Waals surface area contributed by atoms with Gasteiger partial charge in [0.25, 0.3) is 10.0 Å². The Hall–Kier alpha value is -0.990. The van der Waals surface area contributed by atoms with Crippen molar-refractivity contribution in [3.63, 3.8) is 0 Å². The predicted molar refractivity (Wildman–Crippen MR) is 73.7 cm³/mol. The van der Waals surface area contributed by atoms with Crippen LogP contribution in [0.1, 0.15) is 25.6 Å². The Balaban J connectivity index is 2.90. The average Bonchev–Trinajstić information content (AvgIpc) is 2.58. The number of aryl methyl sites for hydroxylation is 2. The number of nitrogens with two attached hydrogens (primary N) is 1. The molecule has 0 spiro atoms. The van der Waals surface area contributed by atoms with Crippen molar-refractivity contribution in [1.82, 2.24) is 14.3 Å². The smallest absolute Gasteiger partial charge is 0.259 e. The molecule has 0 saturated carbocycles. The third kappa shape index (κ3) is 3.76. The fourth-order valence-corrected chi connectivity index (χ4v) is 3.01. The topological polar surface area (TPSA) is 90.0 Å². The number of hydrogen-bond acceptors (Lipinski definition) is 4. The van der Waals surface area contributed by atoms with Gasteiger partial charge in [-0.15, -0.1) is 0 Å². The molecule has 3 N–H and O–H groups in total. The molecule has 0 amide bonds. The number of rotatable bonds is 6. The molecular formula is C10H18N4O2S2. The molecule has 0 aliphatic rings. The van der Waals surface area contributed by atoms with Gasteiger partial charge in [0.05, 0.1) is 4.99 Å². The molecule has 1 aromatic rings. The van der Waals surface area contributed by atoms with Crippen molar-refractivity contribution < 1.29 is 8.42 Å². The van der Waals surface area contributed by atoms with Gasteiger partial charge >= 0.3 is 0 Å². The van der Waals surface area contributed by atoms with Crippen molar-refractivity contribution >= 4 is 27.2 Å². The van der Waals surface area contributed by atoms with Crippen molar-refractivity contribution in [3.8, 4) is 0 Å². The number of nitrogens with zero attached hydrogens (tertiary/aromatic N) is 2. The van der Waals surface area contributed by atoms with E-state index in [2.05, 4.69) is 9.71 Å². The largest absolute Gasteiger partial charge is 0.393 e. The third-order valence-corrected chi connectivity index (χ3v) is 4.18. The van der Waals surface area contributed by atoms with Crippen LogP contribution < -0.4 is 10.5 Å². The predicted octanol–water partition coefficient (Wildman–Crippen LogP) is 0.462. The summed E-state index contributed by atoms with van der Waals surface area (Å²) < 4.78 is 28.4. The second-order valence-electron chi connectivity index (χ2n) is 4.13. The van der Waals surface area contributed by atoms with Crippen molar-refractivity contribution in [2.75, 3.05) is 0 Å². The normalized spacial score (nSPS) is 13.5. The van der Waals surface area contributed by atoms with Crippen LogP contribution in [-0.2, 0) is 17.1 Å². The molecule has 0 aliphatic carbocycles. The fraction of sp³-hybridized carbons (Fsp3) is 0.600. The molecule has 1 atom stereocenters. The van der Waals surface area contributed by atoms with Crippen LogP contribution in [0.4, 0.5) is 0 Å². The zero-order valence-electron chi connectivity index (χ0n) is 10.7. The van der Waals surface area contributed by atoms with E-state index in [4.69, 9.17) is 18.0 Å². The summed E-state index contributed by atoms with van der Waals surface area (Å²) in [6, 6.07) is -0.296. The van der Waals surface area contributed by atoms with Gasteiger partial charge in [-0.3, -0.25) is 0 Å². The van der Waals surface area contributed by atoms with Crippen LogP contribution in [0, 0.1) is 6.92 Å². The average molecular weight is 290 g/mol. The van der Waals surface area contributed by atoms with Gasteiger partial charge in [0, 0.05) is 25.7 Å². The maximum Gasteiger partial charge on any atom is 0.259 e. The number of imidazole rings is 1. The SMILES string of the molecule is CCC(CC(N)=S)NS(=O)(=O)c1cn(C)c(C)n1. The summed E-state index contributed by atoms with van der Waals surface area (Å²) in [5.74, 6) is 0.637. The van der Waals surface area contributed by atoms with E-state index in [1.54, 1.807) is 18.5 Å². The minimum Gasteiger partial charge on any atom is -0.393 e. The van der Waals surface area contributed by atoms with E-state index >= 15 is 0 Å². The highest BCUT2D eigenvalue weighted by molar-refractivity contribution is 7.89. The molecule has 0 saturated heterocycles. The van der Waals surface area contributed by atoms with E-state index in [0.717, 1.165) is 0 Å². The Bertz CT molecular complexity index is 517. The minimum absolute atomic E-state index is 0.0175. The molecule has 0 radical (unpaired) electrons. The summed E-state index contributed by atoms with van der Waals surface area (Å²) in [7, 11) is -1.87. The van der Waals surface area contributed by atoms with Crippen LogP contribution in [0.5, 0.6) is 0 Å². The molecule has 18 heavy (non-hydrogen) atoms. The second-order valence-corrected chi connectivity index (χ2v) is 6.32. The van der Waals surface area contributed by atoms with Crippen LogP contribution in [-0.4, -0.2) is 29.0 Å². The lowest BCUT2D eigenvalue weighted by atomic mass is 10.2. The van der Waals surface area contributed by atoms with E-state index in [-0.39, 0.29) is 11.1 Å². The summed E-state index contributed by atoms with van der Waals surface area (Å²) in [4.78, 5) is 4.29. The lowest BCUT2D eigenvalue weighted by molar-refractivity contribution is 0.543. The molecule has 1 aromatic heterocycles. The summed E-state index contributed by atoms with van der Waals surface area (Å²) >= 11 is 4.79. The standard InChI is InChI=1S/C10H18N4O2S2/c1-4-8(5-9(11)17)13-18(15,16)10-6-14(3)7(2)12-10/h6,8,13H,4-5H2,1-3H3,(H2,11,17). The van der Waals surface area contributed by atoms with Crippen LogP contribution in [0.25, 0.3) is 0 Å². The van der Waals surface area contributed by atoms with E-state index in [1.165, 1.54) is 6.20 Å². The Kier molecular flexibility index (Phi) is 4.83. The van der Waals surface area contributed by atoms with Crippen molar-refractivity contribution in [1.29, 1.82) is 0 Å². The zero-order valence-corrected chi connectivity index (χ0v) is 12.3. The Morgan fingerprint density at radius 1 is 1.67 bits per heavy atom. The summed E-state index contributed by atoms with van der Waals surface area (Å²) in [5, 5.41) is 0.0175. The molecule has 0 aromatic carbocycles. The highest BCUT2D eigenvalue weighted by Gasteiger charge is 2.22. The minimum atomic E-state index is -3.62. The molecule has 6 nitrogen and oxygen atoms in total. The van der Waals surface area contributed by atoms with Crippen LogP contribution in [0.3, 0.4) is 0 Å². The maximum atomic E-state index is 12.1. The molecule has 0 bridgehead atoms. The summed E-state index contributed by atoms with van der Waals surface area (Å²) in [6.45, 7) is 3.61. The van der Waals surface area contributed by atoms with E-state index in [0.29, 0.717) is 23.7 Å². The molecule has 1 rings (SSSR count). The Morgan fingerprint density at radius 2 is 2.28 bits per heavy atom. The maximum absolute atomic E-state index is 12.1.